The summed E-state index contributed by atoms with van der Waals surface area (Å²) in [7, 11) is -4.35. The van der Waals surface area contributed by atoms with Gasteiger partial charge in [-0.3, -0.25) is 24.3 Å². The number of benzene rings is 2. The van der Waals surface area contributed by atoms with E-state index in [2.05, 4.69) is 15.6 Å². The van der Waals surface area contributed by atoms with Crippen molar-refractivity contribution in [2.75, 3.05) is 25.0 Å². The van der Waals surface area contributed by atoms with Crippen molar-refractivity contribution in [2.45, 2.75) is 88.0 Å². The van der Waals surface area contributed by atoms with Crippen molar-refractivity contribution in [1.82, 2.24) is 19.5 Å². The number of amides is 2. The molecule has 2 aliphatic heterocycles. The van der Waals surface area contributed by atoms with Gasteiger partial charge in [0.05, 0.1) is 38.7 Å². The molecule has 2 aromatic carbocycles. The largest absolute Gasteiger partial charge is 0.464 e. The number of nitrogens with one attached hydrogen (secondary N) is 2. The van der Waals surface area contributed by atoms with E-state index in [4.69, 9.17) is 32.7 Å². The minimum Gasteiger partial charge on any atom is -0.464 e. The second-order valence-corrected chi connectivity index (χ2v) is 16.9. The van der Waals surface area contributed by atoms with Crippen LogP contribution in [0.2, 0.25) is 10.0 Å². The topological polar surface area (TPSA) is 188 Å². The number of carbonyl (C=O) groups excluding carboxylic acids is 4. The van der Waals surface area contributed by atoms with Gasteiger partial charge in [0.1, 0.15) is 23.7 Å². The maximum atomic E-state index is 14.2. The highest BCUT2D eigenvalue weighted by Gasteiger charge is 2.49. The number of anilines is 1. The summed E-state index contributed by atoms with van der Waals surface area (Å²) in [5.74, 6) is -2.44. The normalized spacial score (nSPS) is 19.6. The van der Waals surface area contributed by atoms with E-state index in [9.17, 15) is 32.9 Å². The van der Waals surface area contributed by atoms with Gasteiger partial charge in [-0.25, -0.2) is 13.2 Å². The van der Waals surface area contributed by atoms with Gasteiger partial charge in [-0.2, -0.15) is 9.57 Å². The minimum atomic E-state index is -4.35. The standard InChI is InChI=1S/C38H42Cl2N6O8S/c1-5-53-36(49)30(17-23-11-13-25(14-12-23)43-35(48)33-28(39)20-42-21-29(33)40)44-34(47)32-18-26(45-15-7-10-31(45)37(50)54-38(2,3)4)22-46(32)55(51,52)27-9-6-8-24(16-27)19-41/h6,8-9,11-14,16,20-21,26,30-32H,5,7,10,15,17-18,22H2,1-4H3,(H,43,48)(H,44,47)/t26-,30+,31-,32?/m1/s1. The molecule has 2 N–H and O–H groups in total. The van der Waals surface area contributed by atoms with Gasteiger partial charge in [0, 0.05) is 37.1 Å². The molecule has 4 atom stereocenters. The van der Waals surface area contributed by atoms with E-state index in [0.717, 1.165) is 4.31 Å². The van der Waals surface area contributed by atoms with Gasteiger partial charge in [0.25, 0.3) is 5.91 Å². The Balaban J connectivity index is 1.39. The van der Waals surface area contributed by atoms with E-state index in [1.165, 1.54) is 36.7 Å². The second-order valence-electron chi connectivity index (χ2n) is 14.2. The molecule has 2 amide bonds. The number of halogens is 2. The predicted molar refractivity (Wildman–Crippen MR) is 204 cm³/mol. The summed E-state index contributed by atoms with van der Waals surface area (Å²) in [5.41, 5.74) is 0.444. The predicted octanol–water partition coefficient (Wildman–Crippen LogP) is 4.74. The molecule has 3 aromatic rings. The Morgan fingerprint density at radius 3 is 2.38 bits per heavy atom. The minimum absolute atomic E-state index is 0.0255. The first-order valence-corrected chi connectivity index (χ1v) is 19.9. The lowest BCUT2D eigenvalue weighted by Gasteiger charge is -2.31. The Hall–Kier alpha value is -4.59. The van der Waals surface area contributed by atoms with Gasteiger partial charge in [-0.1, -0.05) is 41.4 Å². The number of hydrogen-bond donors (Lipinski definition) is 2. The molecule has 292 valence electrons. The third-order valence-corrected chi connectivity index (χ3v) is 11.6. The van der Waals surface area contributed by atoms with Gasteiger partial charge in [-0.15, -0.1) is 0 Å². The summed E-state index contributed by atoms with van der Waals surface area (Å²) in [4.78, 5) is 59.2. The quantitative estimate of drug-likeness (QED) is 0.241. The summed E-state index contributed by atoms with van der Waals surface area (Å²) < 4.78 is 40.5. The zero-order valence-electron chi connectivity index (χ0n) is 30.8. The number of pyridine rings is 1. The van der Waals surface area contributed by atoms with Gasteiger partial charge in [0.15, 0.2) is 0 Å². The molecular weight excluding hydrogens is 771 g/mol. The van der Waals surface area contributed by atoms with Crippen molar-refractivity contribution < 1.29 is 37.1 Å². The van der Waals surface area contributed by atoms with Gasteiger partial charge in [-0.05, 0) is 89.4 Å². The number of carbonyl (C=O) groups is 4. The molecule has 2 aliphatic rings. The molecule has 0 spiro atoms. The fourth-order valence-electron chi connectivity index (χ4n) is 6.72. The van der Waals surface area contributed by atoms with E-state index in [-0.39, 0.29) is 52.1 Å². The average Bonchev–Trinajstić information content (AvgIpc) is 3.80. The van der Waals surface area contributed by atoms with E-state index in [1.807, 2.05) is 11.0 Å². The van der Waals surface area contributed by atoms with Crippen LogP contribution < -0.4 is 10.6 Å². The van der Waals surface area contributed by atoms with Gasteiger partial charge >= 0.3 is 11.9 Å². The number of nitriles is 1. The van der Waals surface area contributed by atoms with Crippen LogP contribution in [0.3, 0.4) is 0 Å². The van der Waals surface area contributed by atoms with E-state index in [1.54, 1.807) is 52.0 Å². The third-order valence-electron chi connectivity index (χ3n) is 9.17. The zero-order chi connectivity index (χ0) is 40.1. The van der Waals surface area contributed by atoms with Crippen molar-refractivity contribution in [3.05, 3.63) is 87.7 Å². The lowest BCUT2D eigenvalue weighted by Crippen LogP contribution is -2.51. The van der Waals surface area contributed by atoms with Crippen molar-refractivity contribution in [3.8, 4) is 6.07 Å². The smallest absolute Gasteiger partial charge is 0.328 e. The molecule has 3 heterocycles. The molecule has 55 heavy (non-hydrogen) atoms. The highest BCUT2D eigenvalue weighted by molar-refractivity contribution is 7.89. The molecule has 0 saturated carbocycles. The number of sulfonamides is 1. The first kappa shape index (κ1) is 41.6. The van der Waals surface area contributed by atoms with Crippen molar-refractivity contribution in [3.63, 3.8) is 0 Å². The lowest BCUT2D eigenvalue weighted by molar-refractivity contribution is -0.161. The second kappa shape index (κ2) is 17.5. The molecule has 14 nitrogen and oxygen atoms in total. The van der Waals surface area contributed by atoms with Crippen LogP contribution in [0.25, 0.3) is 0 Å². The van der Waals surface area contributed by atoms with Crippen molar-refractivity contribution in [1.29, 1.82) is 5.26 Å². The summed E-state index contributed by atoms with van der Waals surface area (Å²) in [6.45, 7) is 7.33. The number of rotatable bonds is 12. The van der Waals surface area contributed by atoms with Gasteiger partial charge < -0.3 is 20.1 Å². The average molecular weight is 814 g/mol. The Morgan fingerprint density at radius 2 is 1.75 bits per heavy atom. The molecule has 0 radical (unpaired) electrons. The molecule has 1 unspecified atom stereocenters. The summed E-state index contributed by atoms with van der Waals surface area (Å²) >= 11 is 12.2. The third kappa shape index (κ3) is 10.00. The highest BCUT2D eigenvalue weighted by atomic mass is 35.5. The van der Waals surface area contributed by atoms with E-state index >= 15 is 0 Å². The van der Waals surface area contributed by atoms with Crippen LogP contribution in [0, 0.1) is 11.3 Å². The van der Waals surface area contributed by atoms with Crippen LogP contribution >= 0.6 is 23.2 Å². The number of ether oxygens (including phenoxy) is 2. The van der Waals surface area contributed by atoms with Crippen LogP contribution in [-0.4, -0.2) is 95.8 Å². The Bertz CT molecular complexity index is 2070. The fourth-order valence-corrected chi connectivity index (χ4v) is 8.94. The van der Waals surface area contributed by atoms with E-state index < -0.39 is 63.5 Å². The molecule has 5 rings (SSSR count). The fraction of sp³-hybridized carbons (Fsp3) is 0.421. The first-order chi connectivity index (χ1) is 26.0. The van der Waals surface area contributed by atoms with Crippen molar-refractivity contribution in [2.24, 2.45) is 0 Å². The van der Waals surface area contributed by atoms with Crippen molar-refractivity contribution >= 4 is 62.7 Å². The lowest BCUT2D eigenvalue weighted by atomic mass is 10.0. The number of aromatic nitrogens is 1. The number of nitrogens with zero attached hydrogens (tertiary/aromatic N) is 4. The van der Waals surface area contributed by atoms with Crippen LogP contribution in [0.5, 0.6) is 0 Å². The van der Waals surface area contributed by atoms with E-state index in [0.29, 0.717) is 30.6 Å². The summed E-state index contributed by atoms with van der Waals surface area (Å²) in [6.07, 6.45) is 3.79. The summed E-state index contributed by atoms with van der Waals surface area (Å²) in [5, 5.41) is 15.1. The van der Waals surface area contributed by atoms with Gasteiger partial charge in [0.2, 0.25) is 15.9 Å². The molecular formula is C38H42Cl2N6O8S. The first-order valence-electron chi connectivity index (χ1n) is 17.7. The Labute approximate surface area is 330 Å². The Morgan fingerprint density at radius 1 is 1.05 bits per heavy atom. The van der Waals surface area contributed by atoms with Crippen LogP contribution in [0.4, 0.5) is 5.69 Å². The number of hydrogen-bond acceptors (Lipinski definition) is 11. The molecule has 1 aromatic heterocycles. The maximum absolute atomic E-state index is 14.2. The monoisotopic (exact) mass is 812 g/mol. The molecule has 0 bridgehead atoms. The zero-order valence-corrected chi connectivity index (χ0v) is 33.1. The Kier molecular flexibility index (Phi) is 13.2. The van der Waals surface area contributed by atoms with Crippen LogP contribution in [0.15, 0.2) is 65.8 Å². The number of esters is 2. The highest BCUT2D eigenvalue weighted by Crippen LogP contribution is 2.34. The summed E-state index contributed by atoms with van der Waals surface area (Å²) in [6, 6.07) is 10.3. The number of likely N-dealkylation sites (tertiary alicyclic amines) is 1. The molecule has 17 heteroatoms. The maximum Gasteiger partial charge on any atom is 0.328 e. The van der Waals surface area contributed by atoms with Crippen LogP contribution in [-0.2, 0) is 40.3 Å². The molecule has 0 aliphatic carbocycles. The SMILES string of the molecule is CCOC(=O)[C@H](Cc1ccc(NC(=O)c2c(Cl)cncc2Cl)cc1)NC(=O)C1C[C@@H](N2CCC[C@@H]2C(=O)OC(C)(C)C)CN1S(=O)(=O)c1cccc(C#N)c1. The van der Waals surface area contributed by atoms with Crippen LogP contribution in [0.1, 0.15) is 68.4 Å². The molecule has 2 fully saturated rings. The molecule has 2 saturated heterocycles.